The first-order valence-corrected chi connectivity index (χ1v) is 38.8. The summed E-state index contributed by atoms with van der Waals surface area (Å²) in [6.07, 6.45) is -13.4. The molecular formula is C74H114F8N12O14. The minimum Gasteiger partial charge on any atom is -0.382 e. The lowest BCUT2D eigenvalue weighted by Crippen LogP contribution is -2.65. The van der Waals surface area contributed by atoms with E-state index in [4.69, 9.17) is 9.47 Å². The number of halogens is 8. The topological polar surface area (TPSA) is 289 Å². The molecule has 4 saturated heterocycles. The van der Waals surface area contributed by atoms with Gasteiger partial charge in [-0.05, 0) is 133 Å². The van der Waals surface area contributed by atoms with E-state index in [9.17, 15) is 55.1 Å². The Labute approximate surface area is 627 Å². The minimum atomic E-state index is -5.20. The second-order valence-corrected chi connectivity index (χ2v) is 31.8. The first-order valence-electron chi connectivity index (χ1n) is 38.8. The molecular weight excluding hydrogens is 1430 g/mol. The van der Waals surface area contributed by atoms with Crippen molar-refractivity contribution < 1.29 is 102 Å². The van der Waals surface area contributed by atoms with Crippen molar-refractivity contribution in [1.82, 2.24) is 60.0 Å². The van der Waals surface area contributed by atoms with Crippen molar-refractivity contribution in [2.75, 3.05) is 108 Å². The highest BCUT2D eigenvalue weighted by Gasteiger charge is 2.56. The first-order chi connectivity index (χ1) is 50.9. The number of nitrogens with one attached hydrogen (secondary N) is 3. The van der Waals surface area contributed by atoms with E-state index in [2.05, 4.69) is 16.0 Å². The Hall–Kier alpha value is -7.00. The number of fused-ring (bicyclic) bond motifs is 3. The number of hydrogen-bond acceptors (Lipinski definition) is 14. The zero-order valence-electron chi connectivity index (χ0n) is 64.0. The summed E-state index contributed by atoms with van der Waals surface area (Å²) < 4.78 is 126. The summed E-state index contributed by atoms with van der Waals surface area (Å²) in [6.45, 7) is 1.83. The van der Waals surface area contributed by atoms with E-state index < -0.39 is 230 Å². The van der Waals surface area contributed by atoms with Crippen LogP contribution in [-0.2, 0) is 67.0 Å². The molecule has 0 aromatic carbocycles. The largest absolute Gasteiger partial charge is 0.397 e. The van der Waals surface area contributed by atoms with E-state index >= 15 is 37.5 Å². The third-order valence-corrected chi connectivity index (χ3v) is 24.6. The smallest absolute Gasteiger partial charge is 0.382 e. The molecule has 2 bridgehead atoms. The Morgan fingerprint density at radius 1 is 0.583 bits per heavy atom. The van der Waals surface area contributed by atoms with E-state index in [-0.39, 0.29) is 110 Å². The van der Waals surface area contributed by atoms with Crippen molar-refractivity contribution in [3.8, 4) is 0 Å². The maximum atomic E-state index is 15.7. The van der Waals surface area contributed by atoms with Crippen LogP contribution < -0.4 is 16.0 Å². The lowest BCUT2D eigenvalue weighted by molar-refractivity contribution is -0.219. The van der Waals surface area contributed by atoms with E-state index in [1.807, 2.05) is 0 Å². The van der Waals surface area contributed by atoms with Crippen molar-refractivity contribution in [1.29, 1.82) is 0 Å². The molecule has 108 heavy (non-hydrogen) atoms. The van der Waals surface area contributed by atoms with Gasteiger partial charge in [0.15, 0.2) is 0 Å². The molecule has 8 rings (SSSR count). The first kappa shape index (κ1) is 86.6. The van der Waals surface area contributed by atoms with Gasteiger partial charge in [-0.3, -0.25) is 57.5 Å². The fourth-order valence-corrected chi connectivity index (χ4v) is 17.7. The molecule has 0 aromatic rings. The number of alkyl halides is 8. The number of morpholine rings is 1. The summed E-state index contributed by atoms with van der Waals surface area (Å²) in [7, 11) is 9.28. The third-order valence-electron chi connectivity index (χ3n) is 24.6. The van der Waals surface area contributed by atoms with Crippen LogP contribution in [0.3, 0.4) is 0 Å². The number of ether oxygens (including phenoxy) is 2. The van der Waals surface area contributed by atoms with Crippen molar-refractivity contribution in [2.24, 2.45) is 35.5 Å². The van der Waals surface area contributed by atoms with Gasteiger partial charge in [-0.25, -0.2) is 8.78 Å². The third kappa shape index (κ3) is 20.8. The van der Waals surface area contributed by atoms with Gasteiger partial charge in [-0.1, -0.05) is 58.8 Å². The molecule has 4 saturated carbocycles. The number of carbonyl (C=O) groups is 12. The molecule has 610 valence electrons. The fourth-order valence-electron chi connectivity index (χ4n) is 17.7. The number of hydrogen-bond donors (Lipinski definition) is 3. The highest BCUT2D eigenvalue weighted by Crippen LogP contribution is 2.46. The molecule has 0 aromatic heterocycles. The summed E-state index contributed by atoms with van der Waals surface area (Å²) in [5, 5.41) is 8.41. The molecule has 8 aliphatic rings. The lowest BCUT2D eigenvalue weighted by Gasteiger charge is -2.42. The molecule has 3 N–H and O–H groups in total. The van der Waals surface area contributed by atoms with Crippen LogP contribution >= 0.6 is 0 Å². The van der Waals surface area contributed by atoms with Gasteiger partial charge in [0.1, 0.15) is 72.1 Å². The summed E-state index contributed by atoms with van der Waals surface area (Å²) in [5.74, 6) is -16.6. The van der Waals surface area contributed by atoms with Crippen LogP contribution in [0.4, 0.5) is 35.1 Å². The van der Waals surface area contributed by atoms with Crippen molar-refractivity contribution in [3.63, 3.8) is 0 Å². The van der Waals surface area contributed by atoms with E-state index in [0.29, 0.717) is 64.2 Å². The van der Waals surface area contributed by atoms with Gasteiger partial charge in [0.05, 0.1) is 45.2 Å². The zero-order valence-corrected chi connectivity index (χ0v) is 64.0. The maximum absolute atomic E-state index is 15.7. The zero-order chi connectivity index (χ0) is 79.4. The molecule has 12 amide bonds. The second-order valence-electron chi connectivity index (χ2n) is 31.8. The highest BCUT2D eigenvalue weighted by molar-refractivity contribution is 6.01. The molecule has 26 nitrogen and oxygen atoms in total. The van der Waals surface area contributed by atoms with Crippen LogP contribution in [-0.4, -0.2) is 302 Å². The van der Waals surface area contributed by atoms with Crippen LogP contribution in [0, 0.1) is 35.5 Å². The van der Waals surface area contributed by atoms with Gasteiger partial charge in [-0.15, -0.1) is 0 Å². The number of nitrogens with zero attached hydrogens (tertiary/aromatic N) is 9. The Balaban J connectivity index is 1.19. The number of rotatable bonds is 11. The molecule has 11 atom stereocenters. The molecule has 0 radical (unpaired) electrons. The summed E-state index contributed by atoms with van der Waals surface area (Å²) in [5.41, 5.74) is -1.68. The summed E-state index contributed by atoms with van der Waals surface area (Å²) >= 11 is 0. The second kappa shape index (κ2) is 37.8. The van der Waals surface area contributed by atoms with Gasteiger partial charge in [-0.2, -0.15) is 26.3 Å². The number of likely N-dealkylation sites (N-methyl/N-ethyl adjacent to an activating group) is 6. The molecule has 8 fully saturated rings. The predicted molar refractivity (Wildman–Crippen MR) is 376 cm³/mol. The van der Waals surface area contributed by atoms with Crippen LogP contribution in [0.2, 0.25) is 0 Å². The van der Waals surface area contributed by atoms with Gasteiger partial charge in [0.25, 0.3) is 0 Å². The molecule has 4 aliphatic carbocycles. The molecule has 4 heterocycles. The Morgan fingerprint density at radius 2 is 1.19 bits per heavy atom. The van der Waals surface area contributed by atoms with Crippen LogP contribution in [0.25, 0.3) is 0 Å². The maximum Gasteiger partial charge on any atom is 0.397 e. The van der Waals surface area contributed by atoms with Gasteiger partial charge in [0, 0.05) is 75.6 Å². The normalized spacial score (nSPS) is 32.1. The van der Waals surface area contributed by atoms with Gasteiger partial charge in [0.2, 0.25) is 70.9 Å². The van der Waals surface area contributed by atoms with Gasteiger partial charge < -0.3 is 69.5 Å². The van der Waals surface area contributed by atoms with Crippen LogP contribution in [0.15, 0.2) is 0 Å². The van der Waals surface area contributed by atoms with E-state index in [1.54, 1.807) is 13.8 Å². The minimum absolute atomic E-state index is 0.0121. The number of amides is 12. The summed E-state index contributed by atoms with van der Waals surface area (Å²) in [4.78, 5) is 192. The van der Waals surface area contributed by atoms with Crippen LogP contribution in [0.1, 0.15) is 174 Å². The fraction of sp³-hybridized carbons (Fsp3) is 0.838. The number of carbonyl (C=O) groups excluding carboxylic acids is 12. The van der Waals surface area contributed by atoms with Crippen molar-refractivity contribution in [3.05, 3.63) is 0 Å². The average Bonchev–Trinajstić information content (AvgIpc) is 1.54. The average molecular weight is 1550 g/mol. The van der Waals surface area contributed by atoms with Gasteiger partial charge >= 0.3 is 12.4 Å². The van der Waals surface area contributed by atoms with E-state index in [1.165, 1.54) is 69.0 Å². The molecule has 1 spiro atoms. The monoisotopic (exact) mass is 1550 g/mol. The Bertz CT molecular complexity index is 3170. The predicted octanol–water partition coefficient (Wildman–Crippen LogP) is 5.32. The molecule has 4 aliphatic heterocycles. The Morgan fingerprint density at radius 3 is 1.79 bits per heavy atom. The van der Waals surface area contributed by atoms with Crippen LogP contribution in [0.5, 0.6) is 0 Å². The van der Waals surface area contributed by atoms with Crippen molar-refractivity contribution >= 4 is 70.9 Å². The van der Waals surface area contributed by atoms with E-state index in [0.717, 1.165) is 24.5 Å². The molecule has 34 heteroatoms. The Kier molecular flexibility index (Phi) is 30.3. The standard InChI is InChI=1S/C74H114F8N12O14/c1-10-44(2)61-69(104)87(4)42-59(97)88(5)53-21-12-11-17-31-94(68(53)103)55(39-45-23-26-48(27-24-45)73(77,78)79)66(101)86(3)41-57(95)83-51(28-25-46-37-49(75)60(50(76)38-46)74(80,81)82)65(100)93-32-18-22-52(93)64(99)85-72(29-15-16-30-72)71(106)91(8)62(47-19-13-14-20-47)70(105)90(7)54(67(102)92-33-35-108-36-34-92)40-58(96)89(6)56(43-107-9)63(98)84-61/h44-56,60-62H,10-43H2,1-9H3,(H,83,95)(H,84,98)(H,85,99)/t44-,45?,46?,48?,49?,50?,51-,52-,53-,54-,55-,56-,60?,61-,62-/m0/s1. The number of methoxy groups -OCH3 is 1. The SMILES string of the molecule is CC[C@H](C)[C@@H]1NC(=O)[C@H](COC)N(C)C(=O)C[C@@H](C(=O)N2CCOCC2)N(C)C(=O)[C@H](C2CCCC2)N(C)C(=O)C2(CCCC2)NC(=O)[C@@H]2CCCN2C(=O)[C@H](CCC2CC(F)C(C(F)(F)F)C(F)C2)NC(=O)CN(C)C(=O)[C@H](CC2CCC(C(F)(F)F)CC2)N2CCCCC[C@@H](C2=O)N(C)C(=O)CN(C)C1=O. The highest BCUT2D eigenvalue weighted by atomic mass is 19.4. The quantitative estimate of drug-likeness (QED) is 0.221. The van der Waals surface area contributed by atoms with Crippen molar-refractivity contribution in [2.45, 2.75) is 253 Å². The lowest BCUT2D eigenvalue weighted by atomic mass is 9.76. The summed E-state index contributed by atoms with van der Waals surface area (Å²) in [6, 6.07) is -11.3. The molecule has 2 unspecified atom stereocenters.